The molecular weight excluding hydrogens is 140 g/mol. The van der Waals surface area contributed by atoms with E-state index in [9.17, 15) is 4.79 Å². The Morgan fingerprint density at radius 2 is 2.56 bits per heavy atom. The fraction of sp³-hybridized carbons (Fsp3) is 0.200. The summed E-state index contributed by atoms with van der Waals surface area (Å²) in [5, 5.41) is 3.99. The van der Waals surface area contributed by atoms with Crippen molar-refractivity contribution in [1.29, 1.82) is 0 Å². The van der Waals surface area contributed by atoms with Gasteiger partial charge in [-0.2, -0.15) is 5.10 Å². The molecule has 0 N–H and O–H groups in total. The highest BCUT2D eigenvalue weighted by Gasteiger charge is 2.00. The van der Waals surface area contributed by atoms with Crippen molar-refractivity contribution in [3.63, 3.8) is 0 Å². The second-order valence-corrected chi connectivity index (χ2v) is 2.02. The molecule has 0 aromatic carbocycles. The molecule has 0 amide bonds. The fourth-order valence-corrected chi connectivity index (χ4v) is 0.771. The van der Waals surface area contributed by atoms with E-state index in [1.807, 2.05) is 0 Å². The Hall–Kier alpha value is -0.830. The summed E-state index contributed by atoms with van der Waals surface area (Å²) < 4.78 is 1.49. The molecule has 0 bridgehead atoms. The van der Waals surface area contributed by atoms with Crippen molar-refractivity contribution in [3.05, 3.63) is 16.9 Å². The minimum absolute atomic E-state index is 0.257. The van der Waals surface area contributed by atoms with Gasteiger partial charge in [-0.3, -0.25) is 9.48 Å². The summed E-state index contributed by atoms with van der Waals surface area (Å²) in [6.07, 6.45) is 2.24. The quantitative estimate of drug-likeness (QED) is 0.549. The number of nitrogens with zero attached hydrogens (tertiary/aromatic N) is 2. The molecule has 0 spiro atoms. The lowest BCUT2D eigenvalue weighted by molar-refractivity contribution is 0.112. The van der Waals surface area contributed by atoms with E-state index in [4.69, 9.17) is 11.6 Å². The molecule has 0 aliphatic carbocycles. The van der Waals surface area contributed by atoms with Gasteiger partial charge in [-0.05, 0) is 0 Å². The van der Waals surface area contributed by atoms with Crippen LogP contribution in [0.15, 0.2) is 6.20 Å². The lowest BCUT2D eigenvalue weighted by Gasteiger charge is -1.78. The summed E-state index contributed by atoms with van der Waals surface area (Å²) >= 11 is 5.48. The van der Waals surface area contributed by atoms with E-state index in [2.05, 4.69) is 5.10 Å². The van der Waals surface area contributed by atoms with E-state index >= 15 is 0 Å². The molecule has 1 aromatic rings. The van der Waals surface area contributed by atoms with Gasteiger partial charge in [0.1, 0.15) is 0 Å². The van der Waals surface area contributed by atoms with Crippen molar-refractivity contribution in [1.82, 2.24) is 9.78 Å². The van der Waals surface area contributed by atoms with Crippen molar-refractivity contribution in [3.8, 4) is 0 Å². The highest BCUT2D eigenvalue weighted by atomic mass is 35.5. The first-order chi connectivity index (χ1) is 4.24. The first-order valence-electron chi connectivity index (χ1n) is 2.38. The van der Waals surface area contributed by atoms with Crippen molar-refractivity contribution >= 4 is 17.9 Å². The van der Waals surface area contributed by atoms with Gasteiger partial charge < -0.3 is 0 Å². The van der Waals surface area contributed by atoms with Crippen molar-refractivity contribution in [2.75, 3.05) is 0 Å². The number of halogens is 1. The standard InChI is InChI=1S/C5H5ClN2O/c1-8-2-4(3-9)5(6)7-8/h2-3H,1H3. The van der Waals surface area contributed by atoms with Crippen LogP contribution in [-0.2, 0) is 7.05 Å². The normalized spacial score (nSPS) is 9.56. The maximum absolute atomic E-state index is 10.1. The number of aryl methyl sites for hydroxylation is 1. The Morgan fingerprint density at radius 1 is 1.89 bits per heavy atom. The molecule has 4 heteroatoms. The second-order valence-electron chi connectivity index (χ2n) is 1.67. The van der Waals surface area contributed by atoms with Crippen LogP contribution in [0.25, 0.3) is 0 Å². The van der Waals surface area contributed by atoms with Gasteiger partial charge in [0, 0.05) is 13.2 Å². The first-order valence-corrected chi connectivity index (χ1v) is 2.76. The molecule has 1 heterocycles. The summed E-state index contributed by atoms with van der Waals surface area (Å²) in [5.74, 6) is 0. The third-order valence-electron chi connectivity index (χ3n) is 0.937. The Balaban J connectivity index is 3.15. The molecule has 1 aromatic heterocycles. The molecule has 0 unspecified atom stereocenters. The summed E-state index contributed by atoms with van der Waals surface area (Å²) in [5.41, 5.74) is 0.430. The summed E-state index contributed by atoms with van der Waals surface area (Å²) in [7, 11) is 1.71. The van der Waals surface area contributed by atoms with Crippen molar-refractivity contribution in [2.45, 2.75) is 0 Å². The van der Waals surface area contributed by atoms with Crippen LogP contribution in [0.3, 0.4) is 0 Å². The van der Waals surface area contributed by atoms with Gasteiger partial charge in [0.05, 0.1) is 5.56 Å². The molecule has 0 saturated carbocycles. The summed E-state index contributed by atoms with van der Waals surface area (Å²) in [6, 6.07) is 0. The fourth-order valence-electron chi connectivity index (χ4n) is 0.559. The van der Waals surface area contributed by atoms with Crippen LogP contribution in [0.2, 0.25) is 5.15 Å². The van der Waals surface area contributed by atoms with E-state index in [0.717, 1.165) is 0 Å². The second kappa shape index (κ2) is 2.19. The van der Waals surface area contributed by atoms with E-state index in [1.165, 1.54) is 4.68 Å². The minimum atomic E-state index is 0.257. The number of aldehydes is 1. The zero-order valence-corrected chi connectivity index (χ0v) is 5.59. The van der Waals surface area contributed by atoms with Gasteiger partial charge in [0.15, 0.2) is 11.4 Å². The van der Waals surface area contributed by atoms with Crippen LogP contribution in [0.1, 0.15) is 10.4 Å². The molecule has 0 aliphatic rings. The van der Waals surface area contributed by atoms with Crippen LogP contribution in [-0.4, -0.2) is 16.1 Å². The lowest BCUT2D eigenvalue weighted by atomic mass is 10.4. The van der Waals surface area contributed by atoms with Gasteiger partial charge in [-0.1, -0.05) is 11.6 Å². The number of carbonyl (C=O) groups excluding carboxylic acids is 1. The van der Waals surface area contributed by atoms with Gasteiger partial charge >= 0.3 is 0 Å². The zero-order chi connectivity index (χ0) is 6.85. The van der Waals surface area contributed by atoms with Crippen LogP contribution < -0.4 is 0 Å². The molecule has 0 saturated heterocycles. The number of hydrogen-bond acceptors (Lipinski definition) is 2. The van der Waals surface area contributed by atoms with E-state index in [-0.39, 0.29) is 5.15 Å². The van der Waals surface area contributed by atoms with Crippen LogP contribution >= 0.6 is 11.6 Å². The smallest absolute Gasteiger partial charge is 0.161 e. The molecule has 0 aliphatic heterocycles. The largest absolute Gasteiger partial charge is 0.298 e. The maximum Gasteiger partial charge on any atom is 0.161 e. The van der Waals surface area contributed by atoms with Gasteiger partial charge in [-0.25, -0.2) is 0 Å². The molecule has 0 atom stereocenters. The summed E-state index contributed by atoms with van der Waals surface area (Å²) in [4.78, 5) is 10.1. The van der Waals surface area contributed by atoms with Gasteiger partial charge in [-0.15, -0.1) is 0 Å². The molecule has 9 heavy (non-hydrogen) atoms. The Kier molecular flexibility index (Phi) is 1.53. The van der Waals surface area contributed by atoms with E-state index < -0.39 is 0 Å². The lowest BCUT2D eigenvalue weighted by Crippen LogP contribution is -1.84. The zero-order valence-electron chi connectivity index (χ0n) is 4.84. The number of carbonyl (C=O) groups is 1. The van der Waals surface area contributed by atoms with Crippen LogP contribution in [0.5, 0.6) is 0 Å². The number of rotatable bonds is 1. The predicted molar refractivity (Wildman–Crippen MR) is 33.6 cm³/mol. The average Bonchev–Trinajstić information content (AvgIpc) is 2.10. The Morgan fingerprint density at radius 3 is 2.78 bits per heavy atom. The van der Waals surface area contributed by atoms with Crippen LogP contribution in [0.4, 0.5) is 0 Å². The Bertz CT molecular complexity index is 231. The predicted octanol–water partition coefficient (Wildman–Crippen LogP) is 0.886. The van der Waals surface area contributed by atoms with Gasteiger partial charge in [0.25, 0.3) is 0 Å². The number of aromatic nitrogens is 2. The molecule has 0 fully saturated rings. The van der Waals surface area contributed by atoms with Crippen molar-refractivity contribution in [2.24, 2.45) is 7.05 Å². The monoisotopic (exact) mass is 144 g/mol. The SMILES string of the molecule is Cn1cc(C=O)c(Cl)n1. The first kappa shape index (κ1) is 6.29. The Labute approximate surface area is 57.2 Å². The molecule has 48 valence electrons. The molecule has 3 nitrogen and oxygen atoms in total. The average molecular weight is 145 g/mol. The minimum Gasteiger partial charge on any atom is -0.298 e. The van der Waals surface area contributed by atoms with Crippen LogP contribution in [0, 0.1) is 0 Å². The third kappa shape index (κ3) is 1.10. The third-order valence-corrected chi connectivity index (χ3v) is 1.23. The van der Waals surface area contributed by atoms with Crippen molar-refractivity contribution < 1.29 is 4.79 Å². The number of hydrogen-bond donors (Lipinski definition) is 0. The molecule has 0 radical (unpaired) electrons. The highest BCUT2D eigenvalue weighted by molar-refractivity contribution is 6.31. The molecule has 1 rings (SSSR count). The topological polar surface area (TPSA) is 34.9 Å². The molecular formula is C5H5ClN2O. The van der Waals surface area contributed by atoms with E-state index in [0.29, 0.717) is 11.8 Å². The van der Waals surface area contributed by atoms with E-state index in [1.54, 1.807) is 13.2 Å². The highest BCUT2D eigenvalue weighted by Crippen LogP contribution is 2.08. The van der Waals surface area contributed by atoms with Gasteiger partial charge in [0.2, 0.25) is 0 Å². The summed E-state index contributed by atoms with van der Waals surface area (Å²) in [6.45, 7) is 0. The maximum atomic E-state index is 10.1.